The van der Waals surface area contributed by atoms with E-state index in [-0.39, 0.29) is 0 Å². The van der Waals surface area contributed by atoms with E-state index in [4.69, 9.17) is 11.6 Å². The van der Waals surface area contributed by atoms with Gasteiger partial charge in [0, 0.05) is 30.9 Å². The molecule has 1 N–H and O–H groups in total. The van der Waals surface area contributed by atoms with Gasteiger partial charge in [0.05, 0.1) is 0 Å². The molecule has 4 nitrogen and oxygen atoms in total. The van der Waals surface area contributed by atoms with Crippen LogP contribution < -0.4 is 5.32 Å². The summed E-state index contributed by atoms with van der Waals surface area (Å²) in [6.45, 7) is 3.90. The first-order valence-corrected chi connectivity index (χ1v) is 5.98. The van der Waals surface area contributed by atoms with Crippen LogP contribution in [-0.4, -0.2) is 41.0 Å². The van der Waals surface area contributed by atoms with E-state index in [0.29, 0.717) is 5.28 Å². The molecule has 1 aliphatic rings. The fourth-order valence-electron chi connectivity index (χ4n) is 1.65. The van der Waals surface area contributed by atoms with Crippen molar-refractivity contribution in [3.8, 4) is 0 Å². The topological polar surface area (TPSA) is 41.1 Å². The summed E-state index contributed by atoms with van der Waals surface area (Å²) in [4.78, 5) is 10.5. The second-order valence-corrected chi connectivity index (χ2v) is 4.65. The van der Waals surface area contributed by atoms with E-state index < -0.39 is 0 Å². The quantitative estimate of drug-likeness (QED) is 0.799. The van der Waals surface area contributed by atoms with Crippen molar-refractivity contribution in [2.45, 2.75) is 25.8 Å². The molecule has 1 aromatic rings. The van der Waals surface area contributed by atoms with Crippen molar-refractivity contribution in [1.29, 1.82) is 0 Å². The van der Waals surface area contributed by atoms with Gasteiger partial charge in [-0.2, -0.15) is 0 Å². The first kappa shape index (κ1) is 11.6. The molecular formula is C11H17ClN4. The van der Waals surface area contributed by atoms with Crippen molar-refractivity contribution < 1.29 is 0 Å². The lowest BCUT2D eigenvalue weighted by atomic mass is 10.3. The maximum atomic E-state index is 5.75. The highest BCUT2D eigenvalue weighted by Gasteiger charge is 2.25. The molecule has 0 radical (unpaired) electrons. The predicted molar refractivity (Wildman–Crippen MR) is 65.9 cm³/mol. The Morgan fingerprint density at radius 3 is 3.00 bits per heavy atom. The lowest BCUT2D eigenvalue weighted by molar-refractivity contribution is 0.337. The lowest BCUT2D eigenvalue weighted by Crippen LogP contribution is -2.27. The fraction of sp³-hybridized carbons (Fsp3) is 0.636. The van der Waals surface area contributed by atoms with Gasteiger partial charge in [0.2, 0.25) is 5.28 Å². The highest BCUT2D eigenvalue weighted by Crippen LogP contribution is 2.24. The largest absolute Gasteiger partial charge is 0.368 e. The average Bonchev–Trinajstić information content (AvgIpc) is 3.06. The van der Waals surface area contributed by atoms with Crippen LogP contribution in [0.1, 0.15) is 18.4 Å². The molecule has 1 aliphatic carbocycles. The number of aromatic nitrogens is 2. The third-order valence-corrected chi connectivity index (χ3v) is 3.05. The van der Waals surface area contributed by atoms with E-state index in [9.17, 15) is 0 Å². The van der Waals surface area contributed by atoms with E-state index in [1.165, 1.54) is 12.8 Å². The molecule has 5 heteroatoms. The van der Waals surface area contributed by atoms with Crippen molar-refractivity contribution in [2.75, 3.05) is 25.5 Å². The van der Waals surface area contributed by atoms with Gasteiger partial charge in [-0.3, -0.25) is 0 Å². The molecule has 1 fully saturated rings. The SMILES string of the molecule is Cc1cnc(Cl)nc1NCCN(C)C1CC1. The van der Waals surface area contributed by atoms with Crippen molar-refractivity contribution in [3.63, 3.8) is 0 Å². The molecular weight excluding hydrogens is 224 g/mol. The Hall–Kier alpha value is -0.870. The lowest BCUT2D eigenvalue weighted by Gasteiger charge is -2.16. The molecule has 0 bridgehead atoms. The zero-order valence-corrected chi connectivity index (χ0v) is 10.5. The minimum atomic E-state index is 0.295. The van der Waals surface area contributed by atoms with Crippen LogP contribution in [0.25, 0.3) is 0 Å². The number of nitrogens with one attached hydrogen (secondary N) is 1. The minimum absolute atomic E-state index is 0.295. The molecule has 0 amide bonds. The van der Waals surface area contributed by atoms with E-state index >= 15 is 0 Å². The van der Waals surface area contributed by atoms with Crippen LogP contribution in [-0.2, 0) is 0 Å². The van der Waals surface area contributed by atoms with Crippen LogP contribution in [0.5, 0.6) is 0 Å². The maximum absolute atomic E-state index is 5.75. The van der Waals surface area contributed by atoms with Gasteiger partial charge in [0.25, 0.3) is 0 Å². The summed E-state index contributed by atoms with van der Waals surface area (Å²) in [7, 11) is 2.17. The summed E-state index contributed by atoms with van der Waals surface area (Å²) in [5.41, 5.74) is 1.03. The van der Waals surface area contributed by atoms with E-state index in [1.807, 2.05) is 6.92 Å². The average molecular weight is 241 g/mol. The van der Waals surface area contributed by atoms with E-state index in [2.05, 4.69) is 27.2 Å². The Kier molecular flexibility index (Phi) is 3.61. The Morgan fingerprint density at radius 2 is 2.31 bits per heavy atom. The fourth-order valence-corrected chi connectivity index (χ4v) is 1.78. The van der Waals surface area contributed by atoms with Gasteiger partial charge < -0.3 is 10.2 Å². The smallest absolute Gasteiger partial charge is 0.224 e. The normalized spacial score (nSPS) is 15.5. The van der Waals surface area contributed by atoms with Gasteiger partial charge in [-0.1, -0.05) is 0 Å². The molecule has 0 atom stereocenters. The Balaban J connectivity index is 1.81. The number of nitrogens with zero attached hydrogens (tertiary/aromatic N) is 3. The first-order valence-electron chi connectivity index (χ1n) is 5.60. The van der Waals surface area contributed by atoms with Gasteiger partial charge in [-0.05, 0) is 38.4 Å². The Morgan fingerprint density at radius 1 is 1.56 bits per heavy atom. The van der Waals surface area contributed by atoms with Crippen molar-refractivity contribution in [2.24, 2.45) is 0 Å². The van der Waals surface area contributed by atoms with Crippen LogP contribution in [0, 0.1) is 6.92 Å². The van der Waals surface area contributed by atoms with E-state index in [0.717, 1.165) is 30.5 Å². The van der Waals surface area contributed by atoms with Crippen molar-refractivity contribution in [1.82, 2.24) is 14.9 Å². The molecule has 16 heavy (non-hydrogen) atoms. The summed E-state index contributed by atoms with van der Waals surface area (Å²) in [6, 6.07) is 0.803. The van der Waals surface area contributed by atoms with E-state index in [1.54, 1.807) is 6.20 Å². The highest BCUT2D eigenvalue weighted by molar-refractivity contribution is 6.28. The highest BCUT2D eigenvalue weighted by atomic mass is 35.5. The zero-order chi connectivity index (χ0) is 11.5. The number of anilines is 1. The van der Waals surface area contributed by atoms with Gasteiger partial charge in [0.1, 0.15) is 5.82 Å². The summed E-state index contributed by atoms with van der Waals surface area (Å²) < 4.78 is 0. The van der Waals surface area contributed by atoms with Gasteiger partial charge >= 0.3 is 0 Å². The summed E-state index contributed by atoms with van der Waals surface area (Å²) in [6.07, 6.45) is 4.42. The predicted octanol–water partition coefficient (Wildman–Crippen LogP) is 1.94. The van der Waals surface area contributed by atoms with Crippen molar-refractivity contribution >= 4 is 17.4 Å². The second-order valence-electron chi connectivity index (χ2n) is 4.31. The summed E-state index contributed by atoms with van der Waals surface area (Å²) >= 11 is 5.75. The second kappa shape index (κ2) is 4.97. The van der Waals surface area contributed by atoms with Crippen LogP contribution in [0.3, 0.4) is 0 Å². The minimum Gasteiger partial charge on any atom is -0.368 e. The number of halogens is 1. The molecule has 0 unspecified atom stereocenters. The number of hydrogen-bond acceptors (Lipinski definition) is 4. The Bertz CT molecular complexity index is 365. The zero-order valence-electron chi connectivity index (χ0n) is 9.70. The standard InChI is InChI=1S/C11H17ClN4/c1-8-7-14-11(12)15-10(8)13-5-6-16(2)9-3-4-9/h7,9H,3-6H2,1-2H3,(H,13,14,15). The molecule has 0 aliphatic heterocycles. The summed E-state index contributed by atoms with van der Waals surface area (Å²) in [5, 5.41) is 3.59. The first-order chi connectivity index (χ1) is 7.66. The molecule has 0 spiro atoms. The number of likely N-dealkylation sites (N-methyl/N-ethyl adjacent to an activating group) is 1. The van der Waals surface area contributed by atoms with Crippen molar-refractivity contribution in [3.05, 3.63) is 17.0 Å². The molecule has 1 saturated carbocycles. The molecule has 1 heterocycles. The van der Waals surface area contributed by atoms with Gasteiger partial charge in [0.15, 0.2) is 0 Å². The maximum Gasteiger partial charge on any atom is 0.224 e. The Labute approximate surface area is 101 Å². The van der Waals surface area contributed by atoms with Crippen LogP contribution >= 0.6 is 11.6 Å². The van der Waals surface area contributed by atoms with Gasteiger partial charge in [-0.15, -0.1) is 0 Å². The third kappa shape index (κ3) is 3.06. The molecule has 88 valence electrons. The number of rotatable bonds is 5. The number of aryl methyl sites for hydroxylation is 1. The van der Waals surface area contributed by atoms with Crippen LogP contribution in [0.2, 0.25) is 5.28 Å². The third-order valence-electron chi connectivity index (χ3n) is 2.87. The monoisotopic (exact) mass is 240 g/mol. The van der Waals surface area contributed by atoms with Crippen LogP contribution in [0.15, 0.2) is 6.20 Å². The number of hydrogen-bond donors (Lipinski definition) is 1. The van der Waals surface area contributed by atoms with Gasteiger partial charge in [-0.25, -0.2) is 9.97 Å². The van der Waals surface area contributed by atoms with Crippen LogP contribution in [0.4, 0.5) is 5.82 Å². The molecule has 0 aromatic carbocycles. The molecule has 2 rings (SSSR count). The molecule has 0 saturated heterocycles. The summed E-state index contributed by atoms with van der Waals surface area (Å²) in [5.74, 6) is 0.837. The molecule has 1 aromatic heterocycles.